The maximum Gasteiger partial charge on any atom is 0.187 e. The summed E-state index contributed by atoms with van der Waals surface area (Å²) in [5.41, 5.74) is 0.746. The summed E-state index contributed by atoms with van der Waals surface area (Å²) in [4.78, 5) is 13.2. The third-order valence-electron chi connectivity index (χ3n) is 6.34. The van der Waals surface area contributed by atoms with Crippen molar-refractivity contribution < 1.29 is 9.53 Å². The van der Waals surface area contributed by atoms with E-state index in [1.807, 2.05) is 6.07 Å². The number of carbonyl (C=O) groups excluding carboxylic acids is 1. The molecule has 1 unspecified atom stereocenters. The molecule has 0 N–H and O–H groups in total. The number of rotatable bonds is 4. The van der Waals surface area contributed by atoms with Gasteiger partial charge in [-0.2, -0.15) is 0 Å². The molecule has 1 heterocycles. The molecule has 1 atom stereocenters. The van der Waals surface area contributed by atoms with E-state index in [2.05, 4.69) is 67.6 Å². The minimum absolute atomic E-state index is 0.0301. The Kier molecular flexibility index (Phi) is 4.86. The van der Waals surface area contributed by atoms with Crippen molar-refractivity contribution in [1.82, 2.24) is 0 Å². The first-order chi connectivity index (χ1) is 14.5. The molecule has 0 aliphatic heterocycles. The fourth-order valence-corrected chi connectivity index (χ4v) is 7.07. The maximum atomic E-state index is 11.9. The lowest BCUT2D eigenvalue weighted by Crippen LogP contribution is -2.34. The summed E-state index contributed by atoms with van der Waals surface area (Å²) in [6, 6.07) is 23.5. The van der Waals surface area contributed by atoms with Crippen LogP contribution in [-0.2, 0) is 0 Å². The van der Waals surface area contributed by atoms with Crippen molar-refractivity contribution in [2.24, 2.45) is 0 Å². The van der Waals surface area contributed by atoms with Gasteiger partial charge in [-0.25, -0.2) is 0 Å². The van der Waals surface area contributed by atoms with Gasteiger partial charge in [-0.05, 0) is 82.0 Å². The lowest BCUT2D eigenvalue weighted by molar-refractivity contribution is 0.0487. The Labute approximate surface area is 180 Å². The molecule has 0 saturated heterocycles. The van der Waals surface area contributed by atoms with Crippen LogP contribution in [-0.4, -0.2) is 11.4 Å². The van der Waals surface area contributed by atoms with Crippen molar-refractivity contribution in [1.29, 1.82) is 0 Å². The van der Waals surface area contributed by atoms with Gasteiger partial charge in [0.15, 0.2) is 20.1 Å². The van der Waals surface area contributed by atoms with Crippen molar-refractivity contribution in [2.75, 3.05) is 0 Å². The summed E-state index contributed by atoms with van der Waals surface area (Å²) in [6.45, 7) is 3.88. The van der Waals surface area contributed by atoms with E-state index in [0.717, 1.165) is 24.2 Å². The van der Waals surface area contributed by atoms with E-state index in [0.29, 0.717) is 0 Å². The molecular weight excluding hydrogens is 388 g/mol. The molecule has 4 aromatic rings. The number of ketones is 1. The molecule has 1 aromatic heterocycles. The molecule has 0 amide bonds. The number of hydrogen-bond acceptors (Lipinski definition) is 2. The second-order valence-electron chi connectivity index (χ2n) is 8.65. The Morgan fingerprint density at radius 3 is 2.30 bits per heavy atom. The highest BCUT2D eigenvalue weighted by molar-refractivity contribution is 7.50. The van der Waals surface area contributed by atoms with Crippen molar-refractivity contribution >= 4 is 36.4 Å². The third kappa shape index (κ3) is 3.41. The molecular formula is C27H27O2S+. The highest BCUT2D eigenvalue weighted by Crippen LogP contribution is 2.49. The summed E-state index contributed by atoms with van der Waals surface area (Å²) in [5.74, 6) is 1.08. The number of Topliss-reactive ketones (excluding diaryl/α,β-unsaturated/α-hetero) is 1. The fourth-order valence-electron chi connectivity index (χ4n) is 4.71. The van der Waals surface area contributed by atoms with Crippen LogP contribution in [0.2, 0.25) is 0 Å². The molecule has 1 saturated carbocycles. The van der Waals surface area contributed by atoms with Gasteiger partial charge in [-0.1, -0.05) is 18.6 Å². The Morgan fingerprint density at radius 2 is 1.57 bits per heavy atom. The molecule has 5 rings (SSSR count). The summed E-state index contributed by atoms with van der Waals surface area (Å²) >= 11 is 0. The van der Waals surface area contributed by atoms with E-state index in [9.17, 15) is 4.79 Å². The average Bonchev–Trinajstić information content (AvgIpc) is 3.08. The van der Waals surface area contributed by atoms with Gasteiger partial charge < -0.3 is 4.74 Å². The van der Waals surface area contributed by atoms with Crippen molar-refractivity contribution in [3.05, 3.63) is 72.3 Å². The highest BCUT2D eigenvalue weighted by atomic mass is 32.2. The molecule has 3 aromatic carbocycles. The van der Waals surface area contributed by atoms with Gasteiger partial charge in [-0.15, -0.1) is 0 Å². The molecule has 1 fully saturated rings. The SMILES string of the molecule is CC(=O)c1ccc2c(c1)c1ccccc1[s+]2-c1ccc(OC2(C)CCCCC2)cc1. The van der Waals surface area contributed by atoms with Crippen molar-refractivity contribution in [2.45, 2.75) is 51.6 Å². The number of fused-ring (bicyclic) bond motifs is 3. The predicted molar refractivity (Wildman–Crippen MR) is 127 cm³/mol. The largest absolute Gasteiger partial charge is 0.488 e. The molecule has 3 heteroatoms. The van der Waals surface area contributed by atoms with Crippen molar-refractivity contribution in [3.63, 3.8) is 0 Å². The summed E-state index contributed by atoms with van der Waals surface area (Å²) in [7, 11) is -0.154. The van der Waals surface area contributed by atoms with E-state index in [1.54, 1.807) is 6.92 Å². The van der Waals surface area contributed by atoms with E-state index in [1.165, 1.54) is 44.3 Å². The smallest absolute Gasteiger partial charge is 0.187 e. The second-order valence-corrected chi connectivity index (χ2v) is 10.6. The summed E-state index contributed by atoms with van der Waals surface area (Å²) in [5, 5.41) is 2.44. The van der Waals surface area contributed by atoms with E-state index >= 15 is 0 Å². The van der Waals surface area contributed by atoms with Gasteiger partial charge in [0, 0.05) is 38.9 Å². The second kappa shape index (κ2) is 7.55. The zero-order valence-corrected chi connectivity index (χ0v) is 18.4. The normalized spacial score (nSPS) is 16.7. The van der Waals surface area contributed by atoms with Crippen LogP contribution in [0.1, 0.15) is 56.3 Å². The maximum absolute atomic E-state index is 11.9. The standard InChI is InChI=1S/C27H27O2S/c1-19(28)20-10-15-26-24(18-20)23-8-4-5-9-25(23)30(26)22-13-11-21(12-14-22)29-27(2)16-6-3-7-17-27/h4-5,8-15,18H,3,6-7,16-17H2,1-2H3/q+1. The van der Waals surface area contributed by atoms with Crippen LogP contribution in [0, 0.1) is 0 Å². The van der Waals surface area contributed by atoms with Gasteiger partial charge in [0.2, 0.25) is 0 Å². The Bertz CT molecular complexity index is 1230. The lowest BCUT2D eigenvalue weighted by Gasteiger charge is -2.34. The van der Waals surface area contributed by atoms with Crippen LogP contribution in [0.4, 0.5) is 0 Å². The molecule has 2 nitrogen and oxygen atoms in total. The zero-order chi connectivity index (χ0) is 20.7. The number of benzene rings is 3. The highest BCUT2D eigenvalue weighted by Gasteiger charge is 2.29. The number of thiophene rings is 1. The van der Waals surface area contributed by atoms with Gasteiger partial charge in [-0.3, -0.25) is 4.79 Å². The molecule has 0 bridgehead atoms. The van der Waals surface area contributed by atoms with Gasteiger partial charge in [0.05, 0.1) is 0 Å². The van der Waals surface area contributed by atoms with Crippen LogP contribution in [0.3, 0.4) is 0 Å². The summed E-state index contributed by atoms with van der Waals surface area (Å²) < 4.78 is 9.04. The molecule has 30 heavy (non-hydrogen) atoms. The molecule has 0 radical (unpaired) electrons. The molecule has 1 aliphatic carbocycles. The quantitative estimate of drug-likeness (QED) is 0.249. The molecule has 0 spiro atoms. The molecule has 152 valence electrons. The van der Waals surface area contributed by atoms with Crippen LogP contribution in [0.25, 0.3) is 25.1 Å². The predicted octanol–water partition coefficient (Wildman–Crippen LogP) is 8.04. The van der Waals surface area contributed by atoms with Crippen LogP contribution in [0.5, 0.6) is 5.75 Å². The van der Waals surface area contributed by atoms with Crippen LogP contribution in [0.15, 0.2) is 66.7 Å². The summed E-state index contributed by atoms with van der Waals surface area (Å²) in [6.07, 6.45) is 6.11. The fraction of sp³-hybridized carbons (Fsp3) is 0.296. The van der Waals surface area contributed by atoms with Gasteiger partial charge in [0.25, 0.3) is 0 Å². The average molecular weight is 416 g/mol. The Balaban J connectivity index is 1.57. The van der Waals surface area contributed by atoms with Gasteiger partial charge >= 0.3 is 0 Å². The van der Waals surface area contributed by atoms with E-state index in [-0.39, 0.29) is 21.9 Å². The number of ether oxygens (including phenoxy) is 1. The Morgan fingerprint density at radius 1 is 0.867 bits per heavy atom. The van der Waals surface area contributed by atoms with Crippen molar-refractivity contribution in [3.8, 4) is 10.6 Å². The van der Waals surface area contributed by atoms with Gasteiger partial charge in [0.1, 0.15) is 11.4 Å². The Hall–Kier alpha value is -2.65. The van der Waals surface area contributed by atoms with Crippen LogP contribution >= 0.6 is 10.5 Å². The first-order valence-electron chi connectivity index (χ1n) is 10.8. The van der Waals surface area contributed by atoms with Crippen LogP contribution < -0.4 is 4.74 Å². The first-order valence-corrected chi connectivity index (χ1v) is 12.0. The monoisotopic (exact) mass is 415 g/mol. The minimum atomic E-state index is -0.154. The number of hydrogen-bond donors (Lipinski definition) is 0. The van der Waals surface area contributed by atoms with E-state index < -0.39 is 0 Å². The topological polar surface area (TPSA) is 26.3 Å². The number of carbonyl (C=O) groups is 1. The van der Waals surface area contributed by atoms with E-state index in [4.69, 9.17) is 4.74 Å². The first kappa shape index (κ1) is 19.3. The minimum Gasteiger partial charge on any atom is -0.488 e. The lowest BCUT2D eigenvalue weighted by atomic mass is 9.86. The third-order valence-corrected chi connectivity index (χ3v) is 8.67. The zero-order valence-electron chi connectivity index (χ0n) is 17.6. The molecule has 1 aliphatic rings.